The van der Waals surface area contributed by atoms with E-state index in [1.807, 2.05) is 12.1 Å². The number of hydrogen-bond acceptors (Lipinski definition) is 4. The molecule has 2 aliphatic rings. The van der Waals surface area contributed by atoms with Crippen molar-refractivity contribution in [3.8, 4) is 5.75 Å². The lowest BCUT2D eigenvalue weighted by molar-refractivity contribution is -0.174. The molecule has 8 heteroatoms. The van der Waals surface area contributed by atoms with Gasteiger partial charge in [-0.25, -0.2) is 0 Å². The van der Waals surface area contributed by atoms with Crippen LogP contribution in [0.2, 0.25) is 0 Å². The minimum Gasteiger partial charge on any atom is -0.496 e. The number of alkyl halides is 3. The Morgan fingerprint density at radius 2 is 2.00 bits per heavy atom. The summed E-state index contributed by atoms with van der Waals surface area (Å²) in [7, 11) is 1.55. The molecule has 0 bridgehead atoms. The summed E-state index contributed by atoms with van der Waals surface area (Å²) >= 11 is 0. The highest BCUT2D eigenvalue weighted by molar-refractivity contribution is 5.82. The molecule has 1 atom stereocenters. The fraction of sp³-hybridized carbons (Fsp3) is 0.588. The van der Waals surface area contributed by atoms with E-state index < -0.39 is 18.1 Å². The number of nitrogens with zero attached hydrogens (tertiary/aromatic N) is 1. The van der Waals surface area contributed by atoms with E-state index in [-0.39, 0.29) is 0 Å². The monoisotopic (exact) mass is 357 g/mol. The molecule has 0 unspecified atom stereocenters. The molecular formula is C17H22F3N3O2. The van der Waals surface area contributed by atoms with Crippen molar-refractivity contribution < 1.29 is 22.7 Å². The van der Waals surface area contributed by atoms with Crippen LogP contribution in [-0.2, 0) is 17.6 Å². The molecule has 0 saturated carbocycles. The number of ether oxygens (including phenoxy) is 1. The van der Waals surface area contributed by atoms with Gasteiger partial charge in [-0.05, 0) is 37.0 Å². The minimum absolute atomic E-state index is 0.347. The summed E-state index contributed by atoms with van der Waals surface area (Å²) in [4.78, 5) is 13.5. The first-order valence-corrected chi connectivity index (χ1v) is 8.42. The van der Waals surface area contributed by atoms with Gasteiger partial charge in [0.1, 0.15) is 5.75 Å². The molecule has 1 fully saturated rings. The molecule has 3 rings (SSSR count). The van der Waals surface area contributed by atoms with Crippen LogP contribution in [0.3, 0.4) is 0 Å². The lowest BCUT2D eigenvalue weighted by Gasteiger charge is -2.35. The predicted molar refractivity (Wildman–Crippen MR) is 88.1 cm³/mol. The molecule has 1 aromatic carbocycles. The fourth-order valence-electron chi connectivity index (χ4n) is 3.61. The van der Waals surface area contributed by atoms with Crippen LogP contribution in [0.5, 0.6) is 5.75 Å². The summed E-state index contributed by atoms with van der Waals surface area (Å²) < 4.78 is 42.9. The Bertz CT molecular complexity index is 643. The number of methoxy groups -OCH3 is 1. The standard InChI is InChI=1S/C17H22F3N3O2/c1-25-15-5-4-14(23-8-6-21-7-9-23)12-3-2-11(10-13(12)15)22-16(24)17(18,19)20/h4-5,11,21H,2-3,6-10H2,1H3,(H,22,24)/t11-/m0/s1. The second-order valence-corrected chi connectivity index (χ2v) is 6.39. The number of carbonyl (C=O) groups is 1. The molecule has 25 heavy (non-hydrogen) atoms. The van der Waals surface area contributed by atoms with Gasteiger partial charge in [0.15, 0.2) is 0 Å². The van der Waals surface area contributed by atoms with E-state index >= 15 is 0 Å². The Kier molecular flexibility index (Phi) is 5.08. The summed E-state index contributed by atoms with van der Waals surface area (Å²) in [6.07, 6.45) is -3.40. The van der Waals surface area contributed by atoms with E-state index in [0.29, 0.717) is 25.0 Å². The molecule has 1 aliphatic heterocycles. The molecule has 1 aromatic rings. The summed E-state index contributed by atoms with van der Waals surface area (Å²) in [6.45, 7) is 3.61. The number of nitrogens with one attached hydrogen (secondary N) is 2. The SMILES string of the molecule is COc1ccc(N2CCNCC2)c2c1C[C@@H](NC(=O)C(F)(F)F)CC2. The van der Waals surface area contributed by atoms with Gasteiger partial charge in [-0.3, -0.25) is 4.79 Å². The zero-order valence-electron chi connectivity index (χ0n) is 14.1. The van der Waals surface area contributed by atoms with Crippen molar-refractivity contribution in [1.82, 2.24) is 10.6 Å². The highest BCUT2D eigenvalue weighted by Crippen LogP contribution is 2.37. The molecule has 0 radical (unpaired) electrons. The number of piperazine rings is 1. The van der Waals surface area contributed by atoms with Crippen LogP contribution in [0, 0.1) is 0 Å². The maximum Gasteiger partial charge on any atom is 0.471 e. The molecule has 1 saturated heterocycles. The second-order valence-electron chi connectivity index (χ2n) is 6.39. The Hall–Kier alpha value is -1.96. The van der Waals surface area contributed by atoms with Crippen LogP contribution >= 0.6 is 0 Å². The van der Waals surface area contributed by atoms with Crippen molar-refractivity contribution in [2.24, 2.45) is 0 Å². The van der Waals surface area contributed by atoms with Gasteiger partial charge in [0.05, 0.1) is 7.11 Å². The third-order valence-electron chi connectivity index (χ3n) is 4.83. The quantitative estimate of drug-likeness (QED) is 0.864. The number of hydrogen-bond donors (Lipinski definition) is 2. The van der Waals surface area contributed by atoms with Crippen molar-refractivity contribution in [3.63, 3.8) is 0 Å². The smallest absolute Gasteiger partial charge is 0.471 e. The van der Waals surface area contributed by atoms with Crippen LogP contribution < -0.4 is 20.3 Å². The Morgan fingerprint density at radius 3 is 2.64 bits per heavy atom. The molecule has 138 valence electrons. The van der Waals surface area contributed by atoms with Crippen LogP contribution in [0.15, 0.2) is 12.1 Å². The van der Waals surface area contributed by atoms with E-state index in [2.05, 4.69) is 15.5 Å². The maximum absolute atomic E-state index is 12.5. The number of halogens is 3. The average molecular weight is 357 g/mol. The van der Waals surface area contributed by atoms with Gasteiger partial charge in [-0.1, -0.05) is 0 Å². The highest BCUT2D eigenvalue weighted by Gasteiger charge is 2.40. The minimum atomic E-state index is -4.85. The van der Waals surface area contributed by atoms with E-state index in [9.17, 15) is 18.0 Å². The maximum atomic E-state index is 12.5. The summed E-state index contributed by atoms with van der Waals surface area (Å²) in [6, 6.07) is 3.36. The van der Waals surface area contributed by atoms with Crippen molar-refractivity contribution >= 4 is 11.6 Å². The molecule has 5 nitrogen and oxygen atoms in total. The Morgan fingerprint density at radius 1 is 1.28 bits per heavy atom. The van der Waals surface area contributed by atoms with Crippen LogP contribution in [0.25, 0.3) is 0 Å². The number of benzene rings is 1. The molecule has 0 aromatic heterocycles. The van der Waals surface area contributed by atoms with E-state index in [1.165, 1.54) is 0 Å². The lowest BCUT2D eigenvalue weighted by Crippen LogP contribution is -2.46. The number of rotatable bonds is 3. The largest absolute Gasteiger partial charge is 0.496 e. The van der Waals surface area contributed by atoms with Gasteiger partial charge in [-0.2, -0.15) is 13.2 Å². The van der Waals surface area contributed by atoms with Crippen molar-refractivity contribution in [3.05, 3.63) is 23.3 Å². The number of amides is 1. The first kappa shape index (κ1) is 17.8. The first-order valence-electron chi connectivity index (χ1n) is 8.42. The van der Waals surface area contributed by atoms with Gasteiger partial charge in [-0.15, -0.1) is 0 Å². The van der Waals surface area contributed by atoms with Crippen molar-refractivity contribution in [2.45, 2.75) is 31.5 Å². The molecule has 1 aliphatic carbocycles. The number of fused-ring (bicyclic) bond motifs is 1. The van der Waals surface area contributed by atoms with Gasteiger partial charge >= 0.3 is 12.1 Å². The van der Waals surface area contributed by atoms with Gasteiger partial charge < -0.3 is 20.3 Å². The first-order chi connectivity index (χ1) is 11.9. The zero-order valence-corrected chi connectivity index (χ0v) is 14.1. The van der Waals surface area contributed by atoms with E-state index in [0.717, 1.165) is 43.0 Å². The molecule has 1 heterocycles. The third-order valence-corrected chi connectivity index (χ3v) is 4.83. The molecule has 2 N–H and O–H groups in total. The third kappa shape index (κ3) is 3.84. The van der Waals surface area contributed by atoms with Gasteiger partial charge in [0.25, 0.3) is 0 Å². The van der Waals surface area contributed by atoms with Gasteiger partial charge in [0.2, 0.25) is 0 Å². The summed E-state index contributed by atoms with van der Waals surface area (Å²) in [5.74, 6) is -1.21. The highest BCUT2D eigenvalue weighted by atomic mass is 19.4. The number of anilines is 1. The molecule has 0 spiro atoms. The van der Waals surface area contributed by atoms with Crippen molar-refractivity contribution in [1.29, 1.82) is 0 Å². The fourth-order valence-corrected chi connectivity index (χ4v) is 3.61. The Balaban J connectivity index is 1.83. The number of carbonyl (C=O) groups excluding carboxylic acids is 1. The molecule has 1 amide bonds. The normalized spacial score (nSPS) is 20.8. The van der Waals surface area contributed by atoms with E-state index in [4.69, 9.17) is 4.74 Å². The topological polar surface area (TPSA) is 53.6 Å². The van der Waals surface area contributed by atoms with E-state index in [1.54, 1.807) is 7.11 Å². The lowest BCUT2D eigenvalue weighted by atomic mass is 9.86. The second kappa shape index (κ2) is 7.11. The Labute approximate surface area is 144 Å². The zero-order chi connectivity index (χ0) is 18.0. The summed E-state index contributed by atoms with van der Waals surface area (Å²) in [5, 5.41) is 5.42. The van der Waals surface area contributed by atoms with Gasteiger partial charge in [0, 0.05) is 43.5 Å². The molecular weight excluding hydrogens is 335 g/mol. The van der Waals surface area contributed by atoms with Crippen LogP contribution in [0.4, 0.5) is 18.9 Å². The van der Waals surface area contributed by atoms with Crippen LogP contribution in [-0.4, -0.2) is 51.4 Å². The average Bonchev–Trinajstić information content (AvgIpc) is 2.60. The van der Waals surface area contributed by atoms with Crippen molar-refractivity contribution in [2.75, 3.05) is 38.2 Å². The van der Waals surface area contributed by atoms with Crippen LogP contribution in [0.1, 0.15) is 17.5 Å². The predicted octanol–water partition coefficient (Wildman–Crippen LogP) is 1.64. The summed E-state index contributed by atoms with van der Waals surface area (Å²) in [5.41, 5.74) is 3.15.